The maximum Gasteiger partial charge on any atom is 0.311 e. The maximum absolute atomic E-state index is 14.5. The zero-order valence-electron chi connectivity index (χ0n) is 14.1. The number of amides is 1. The fraction of sp³-hybridized carbons (Fsp3) is 0.556. The van der Waals surface area contributed by atoms with Gasteiger partial charge in [-0.2, -0.15) is 0 Å². The van der Waals surface area contributed by atoms with E-state index < -0.39 is 28.4 Å². The number of carboxylic acid groups (broad SMARTS) is 1. The predicted octanol–water partition coefficient (Wildman–Crippen LogP) is 2.34. The van der Waals surface area contributed by atoms with Crippen molar-refractivity contribution in [1.82, 2.24) is 4.90 Å². The molecule has 2 aliphatic rings. The molecular formula is C18H21F2NO4. The van der Waals surface area contributed by atoms with E-state index in [2.05, 4.69) is 0 Å². The highest BCUT2D eigenvalue weighted by atomic mass is 19.1. The molecule has 1 amide bonds. The minimum atomic E-state index is -1.14. The lowest BCUT2D eigenvalue weighted by atomic mass is 9.72. The molecule has 2 heterocycles. The van der Waals surface area contributed by atoms with Crippen molar-refractivity contribution in [3.8, 4) is 0 Å². The summed E-state index contributed by atoms with van der Waals surface area (Å²) in [6.45, 7) is 2.61. The molecular weight excluding hydrogens is 332 g/mol. The van der Waals surface area contributed by atoms with Crippen molar-refractivity contribution >= 4 is 11.9 Å². The van der Waals surface area contributed by atoms with Crippen LogP contribution in [0.25, 0.3) is 0 Å². The summed E-state index contributed by atoms with van der Waals surface area (Å²) in [5.41, 5.74) is -1.98. The number of hydrogen-bond donors (Lipinski definition) is 1. The highest BCUT2D eigenvalue weighted by Gasteiger charge is 2.50. The highest BCUT2D eigenvalue weighted by Crippen LogP contribution is 2.41. The van der Waals surface area contributed by atoms with Gasteiger partial charge in [0, 0.05) is 37.9 Å². The minimum Gasteiger partial charge on any atom is -0.481 e. The molecule has 5 nitrogen and oxygen atoms in total. The molecule has 0 spiro atoms. The van der Waals surface area contributed by atoms with Crippen LogP contribution in [-0.2, 0) is 19.7 Å². The number of nitrogens with zero attached hydrogens (tertiary/aromatic N) is 1. The van der Waals surface area contributed by atoms with Gasteiger partial charge < -0.3 is 14.7 Å². The summed E-state index contributed by atoms with van der Waals surface area (Å²) in [7, 11) is 0. The molecule has 136 valence electrons. The highest BCUT2D eigenvalue weighted by molar-refractivity contribution is 5.89. The van der Waals surface area contributed by atoms with Gasteiger partial charge in [-0.3, -0.25) is 9.59 Å². The van der Waals surface area contributed by atoms with E-state index in [4.69, 9.17) is 4.74 Å². The van der Waals surface area contributed by atoms with Crippen LogP contribution in [0, 0.1) is 17.0 Å². The number of carbonyl (C=O) groups is 2. The van der Waals surface area contributed by atoms with Crippen LogP contribution in [0.5, 0.6) is 0 Å². The van der Waals surface area contributed by atoms with Crippen LogP contribution in [0.1, 0.15) is 31.7 Å². The summed E-state index contributed by atoms with van der Waals surface area (Å²) in [5, 5.41) is 9.38. The van der Waals surface area contributed by atoms with Gasteiger partial charge >= 0.3 is 5.97 Å². The molecule has 25 heavy (non-hydrogen) atoms. The Labute approximate surface area is 144 Å². The van der Waals surface area contributed by atoms with Crippen LogP contribution >= 0.6 is 0 Å². The van der Waals surface area contributed by atoms with Crippen molar-refractivity contribution in [2.45, 2.75) is 31.6 Å². The van der Waals surface area contributed by atoms with E-state index >= 15 is 0 Å². The smallest absolute Gasteiger partial charge is 0.311 e. The Balaban J connectivity index is 1.96. The summed E-state index contributed by atoms with van der Waals surface area (Å²) in [6, 6.07) is 3.25. The molecule has 2 fully saturated rings. The van der Waals surface area contributed by atoms with Crippen molar-refractivity contribution in [3.05, 3.63) is 35.4 Å². The van der Waals surface area contributed by atoms with E-state index in [1.54, 1.807) is 6.92 Å². The Morgan fingerprint density at radius 2 is 1.88 bits per heavy atom. The maximum atomic E-state index is 14.5. The molecule has 0 bridgehead atoms. The first-order chi connectivity index (χ1) is 11.8. The Hall–Kier alpha value is -2.02. The number of benzene rings is 1. The van der Waals surface area contributed by atoms with Gasteiger partial charge in [0.05, 0.1) is 10.8 Å². The van der Waals surface area contributed by atoms with E-state index in [9.17, 15) is 23.5 Å². The zero-order chi connectivity index (χ0) is 18.2. The lowest BCUT2D eigenvalue weighted by Gasteiger charge is -2.39. The predicted molar refractivity (Wildman–Crippen MR) is 85.0 cm³/mol. The number of ether oxygens (including phenoxy) is 1. The molecule has 1 aromatic carbocycles. The average molecular weight is 353 g/mol. The number of carbonyl (C=O) groups excluding carboxylic acids is 1. The van der Waals surface area contributed by atoms with E-state index in [0.717, 1.165) is 12.1 Å². The van der Waals surface area contributed by atoms with Crippen molar-refractivity contribution < 1.29 is 28.2 Å². The molecule has 7 heteroatoms. The van der Waals surface area contributed by atoms with Gasteiger partial charge in [0.1, 0.15) is 11.6 Å². The van der Waals surface area contributed by atoms with Gasteiger partial charge in [-0.25, -0.2) is 8.78 Å². The number of rotatable bonds is 3. The molecule has 0 saturated carbocycles. The van der Waals surface area contributed by atoms with Crippen LogP contribution in [0.2, 0.25) is 0 Å². The quantitative estimate of drug-likeness (QED) is 0.906. The monoisotopic (exact) mass is 353 g/mol. The Morgan fingerprint density at radius 3 is 2.44 bits per heavy atom. The molecule has 3 rings (SSSR count). The second-order valence-electron chi connectivity index (χ2n) is 7.16. The lowest BCUT2D eigenvalue weighted by molar-refractivity contribution is -0.148. The second-order valence-corrected chi connectivity index (χ2v) is 7.16. The van der Waals surface area contributed by atoms with Gasteiger partial charge in [-0.15, -0.1) is 0 Å². The molecule has 1 atom stereocenters. The molecule has 0 aromatic heterocycles. The first-order valence-electron chi connectivity index (χ1n) is 8.35. The Bertz CT molecular complexity index is 702. The van der Waals surface area contributed by atoms with Crippen LogP contribution in [0.4, 0.5) is 8.78 Å². The molecule has 1 N–H and O–H groups in total. The largest absolute Gasteiger partial charge is 0.481 e. The molecule has 1 unspecified atom stereocenters. The first-order valence-corrected chi connectivity index (χ1v) is 8.35. The third-order valence-corrected chi connectivity index (χ3v) is 5.48. The summed E-state index contributed by atoms with van der Waals surface area (Å²) < 4.78 is 33.1. The van der Waals surface area contributed by atoms with Crippen LogP contribution in [-0.4, -0.2) is 48.2 Å². The first kappa shape index (κ1) is 17.8. The number of likely N-dealkylation sites (tertiary alicyclic amines) is 1. The number of halogens is 2. The summed E-state index contributed by atoms with van der Waals surface area (Å²) in [4.78, 5) is 26.2. The summed E-state index contributed by atoms with van der Waals surface area (Å²) in [6.07, 6.45) is 0.926. The topological polar surface area (TPSA) is 66.8 Å². The Kier molecular flexibility index (Phi) is 4.53. The van der Waals surface area contributed by atoms with E-state index in [1.165, 1.54) is 11.0 Å². The molecule has 2 saturated heterocycles. The number of hydrogen-bond acceptors (Lipinski definition) is 3. The normalized spacial score (nSPS) is 25.8. The third kappa shape index (κ3) is 3.01. The minimum absolute atomic E-state index is 0.0899. The van der Waals surface area contributed by atoms with E-state index in [1.807, 2.05) is 0 Å². The molecule has 0 radical (unpaired) electrons. The molecule has 1 aromatic rings. The fourth-order valence-electron chi connectivity index (χ4n) is 3.81. The SMILES string of the molecule is CC1(C(=O)O)CCN(C(=O)C2(c3ccc(F)cc3F)CCOCC2)C1. The van der Waals surface area contributed by atoms with Gasteiger partial charge in [0.2, 0.25) is 5.91 Å². The van der Waals surface area contributed by atoms with Gasteiger partial charge in [0.25, 0.3) is 0 Å². The third-order valence-electron chi connectivity index (χ3n) is 5.48. The average Bonchev–Trinajstić information content (AvgIpc) is 2.98. The van der Waals surface area contributed by atoms with Crippen molar-refractivity contribution in [2.75, 3.05) is 26.3 Å². The molecule has 0 aliphatic carbocycles. The van der Waals surface area contributed by atoms with Crippen LogP contribution in [0.3, 0.4) is 0 Å². The summed E-state index contributed by atoms with van der Waals surface area (Å²) in [5.74, 6) is -2.70. The summed E-state index contributed by atoms with van der Waals surface area (Å²) >= 11 is 0. The second kappa shape index (κ2) is 6.37. The fourth-order valence-corrected chi connectivity index (χ4v) is 3.81. The van der Waals surface area contributed by atoms with E-state index in [-0.39, 0.29) is 30.9 Å². The lowest BCUT2D eigenvalue weighted by Crippen LogP contribution is -2.50. The van der Waals surface area contributed by atoms with Gasteiger partial charge in [0.15, 0.2) is 0 Å². The number of aliphatic carboxylic acids is 1. The standard InChI is InChI=1S/C18H21F2NO4/c1-17(16(23)24)4-7-21(11-17)15(22)18(5-8-25-9-6-18)13-3-2-12(19)10-14(13)20/h2-3,10H,4-9,11H2,1H3,(H,23,24). The van der Waals surface area contributed by atoms with Gasteiger partial charge in [-0.05, 0) is 32.3 Å². The van der Waals surface area contributed by atoms with Crippen LogP contribution < -0.4 is 0 Å². The van der Waals surface area contributed by atoms with Gasteiger partial charge in [-0.1, -0.05) is 6.07 Å². The number of carboxylic acids is 1. The Morgan fingerprint density at radius 1 is 1.20 bits per heavy atom. The van der Waals surface area contributed by atoms with Crippen molar-refractivity contribution in [1.29, 1.82) is 0 Å². The van der Waals surface area contributed by atoms with Crippen LogP contribution in [0.15, 0.2) is 18.2 Å². The molecule has 2 aliphatic heterocycles. The van der Waals surface area contributed by atoms with Crippen molar-refractivity contribution in [2.24, 2.45) is 5.41 Å². The van der Waals surface area contributed by atoms with E-state index in [0.29, 0.717) is 26.2 Å². The zero-order valence-corrected chi connectivity index (χ0v) is 14.1. The van der Waals surface area contributed by atoms with Crippen molar-refractivity contribution in [3.63, 3.8) is 0 Å².